The van der Waals surface area contributed by atoms with Crippen LogP contribution in [0.15, 0.2) is 46.2 Å². The lowest BCUT2D eigenvalue weighted by Gasteiger charge is -2.11. The van der Waals surface area contributed by atoms with Gasteiger partial charge in [-0.05, 0) is 31.0 Å². The molecule has 0 saturated heterocycles. The Balaban J connectivity index is 1.71. The summed E-state index contributed by atoms with van der Waals surface area (Å²) in [6.45, 7) is 3.80. The number of alkyl halides is 3. The van der Waals surface area contributed by atoms with E-state index in [9.17, 15) is 22.8 Å². The number of benzene rings is 1. The molecule has 0 saturated carbocycles. The average molecular weight is 446 g/mol. The average Bonchev–Trinajstić information content (AvgIpc) is 3.31. The van der Waals surface area contributed by atoms with Crippen molar-refractivity contribution in [3.8, 4) is 11.4 Å². The molecule has 0 fully saturated rings. The fraction of sp³-hybridized carbons (Fsp3) is 0.333. The molecule has 0 aliphatic carbocycles. The standard InChI is InChI=1S/C21H21F3N6O2/c1-4-12(2)30-19(31)16-17(27-20(30)32)26-18(28(16)3)14-9-25-29(11-14)10-13-6-5-7-15(8-13)21(22,23)24/h5-9,11-12H,4,10H2,1-3H3,(H,27,32)/t12-/m0/s1. The second kappa shape index (κ2) is 7.81. The highest BCUT2D eigenvalue weighted by Gasteiger charge is 2.30. The van der Waals surface area contributed by atoms with Crippen molar-refractivity contribution < 1.29 is 13.2 Å². The van der Waals surface area contributed by atoms with E-state index in [0.717, 1.165) is 12.1 Å². The lowest BCUT2D eigenvalue weighted by molar-refractivity contribution is -0.137. The van der Waals surface area contributed by atoms with Gasteiger partial charge in [-0.3, -0.25) is 19.0 Å². The van der Waals surface area contributed by atoms with Gasteiger partial charge in [0.1, 0.15) is 5.82 Å². The van der Waals surface area contributed by atoms with Gasteiger partial charge in [-0.25, -0.2) is 9.78 Å². The van der Waals surface area contributed by atoms with E-state index in [2.05, 4.69) is 15.1 Å². The van der Waals surface area contributed by atoms with Crippen molar-refractivity contribution in [2.45, 2.75) is 39.0 Å². The van der Waals surface area contributed by atoms with Gasteiger partial charge >= 0.3 is 11.9 Å². The van der Waals surface area contributed by atoms with Gasteiger partial charge in [0.25, 0.3) is 5.56 Å². The summed E-state index contributed by atoms with van der Waals surface area (Å²) in [4.78, 5) is 32.4. The van der Waals surface area contributed by atoms with Crippen LogP contribution in [0, 0.1) is 0 Å². The summed E-state index contributed by atoms with van der Waals surface area (Å²) in [5.41, 5.74) is -0.254. The Morgan fingerprint density at radius 1 is 1.22 bits per heavy atom. The van der Waals surface area contributed by atoms with E-state index in [-0.39, 0.29) is 23.8 Å². The third kappa shape index (κ3) is 3.74. The number of imidazole rings is 1. The summed E-state index contributed by atoms with van der Waals surface area (Å²) in [5, 5.41) is 4.22. The molecule has 3 heterocycles. The summed E-state index contributed by atoms with van der Waals surface area (Å²) in [5.74, 6) is 0.407. The van der Waals surface area contributed by atoms with Gasteiger partial charge in [-0.1, -0.05) is 19.1 Å². The fourth-order valence-electron chi connectivity index (χ4n) is 3.64. The number of halogens is 3. The molecule has 0 aliphatic heterocycles. The Labute approximate surface area is 179 Å². The summed E-state index contributed by atoms with van der Waals surface area (Å²) in [6, 6.07) is 4.77. The molecule has 32 heavy (non-hydrogen) atoms. The van der Waals surface area contributed by atoms with E-state index < -0.39 is 23.0 Å². The Morgan fingerprint density at radius 2 is 1.97 bits per heavy atom. The highest BCUT2D eigenvalue weighted by atomic mass is 19.4. The minimum absolute atomic E-state index is 0.130. The zero-order valence-corrected chi connectivity index (χ0v) is 17.6. The topological polar surface area (TPSA) is 90.5 Å². The van der Waals surface area contributed by atoms with Crippen molar-refractivity contribution in [1.82, 2.24) is 28.9 Å². The molecule has 8 nitrogen and oxygen atoms in total. The SMILES string of the molecule is CC[C@H](C)n1c(=O)[nH]c2nc(-c3cnn(Cc4cccc(C(F)(F)F)c4)c3)n(C)c2c1=O. The van der Waals surface area contributed by atoms with E-state index in [0.29, 0.717) is 23.4 Å². The molecule has 168 valence electrons. The van der Waals surface area contributed by atoms with Gasteiger partial charge in [0, 0.05) is 19.3 Å². The first kappa shape index (κ1) is 21.6. The van der Waals surface area contributed by atoms with Crippen LogP contribution in [0.2, 0.25) is 0 Å². The third-order valence-electron chi connectivity index (χ3n) is 5.48. The minimum atomic E-state index is -4.42. The van der Waals surface area contributed by atoms with Crippen LogP contribution in [0.3, 0.4) is 0 Å². The van der Waals surface area contributed by atoms with Gasteiger partial charge in [-0.15, -0.1) is 0 Å². The molecule has 0 spiro atoms. The van der Waals surface area contributed by atoms with Crippen LogP contribution >= 0.6 is 0 Å². The maximum absolute atomic E-state index is 13.0. The number of H-pyrrole nitrogens is 1. The number of aromatic amines is 1. The van der Waals surface area contributed by atoms with Crippen molar-refractivity contribution in [3.05, 3.63) is 68.6 Å². The maximum atomic E-state index is 13.0. The van der Waals surface area contributed by atoms with Crippen molar-refractivity contribution >= 4 is 11.2 Å². The smallest absolute Gasteiger partial charge is 0.321 e. The van der Waals surface area contributed by atoms with Crippen LogP contribution in [0.5, 0.6) is 0 Å². The molecule has 0 unspecified atom stereocenters. The monoisotopic (exact) mass is 446 g/mol. The van der Waals surface area contributed by atoms with E-state index in [4.69, 9.17) is 0 Å². The number of aryl methyl sites for hydroxylation is 1. The maximum Gasteiger partial charge on any atom is 0.416 e. The van der Waals surface area contributed by atoms with Crippen molar-refractivity contribution in [2.75, 3.05) is 0 Å². The summed E-state index contributed by atoms with van der Waals surface area (Å²) >= 11 is 0. The van der Waals surface area contributed by atoms with Gasteiger partial charge < -0.3 is 4.57 Å². The highest BCUT2D eigenvalue weighted by Crippen LogP contribution is 2.29. The molecule has 1 N–H and O–H groups in total. The molecule has 0 radical (unpaired) electrons. The number of nitrogens with zero attached hydrogens (tertiary/aromatic N) is 5. The van der Waals surface area contributed by atoms with Crippen LogP contribution in [-0.2, 0) is 19.8 Å². The Morgan fingerprint density at radius 3 is 2.66 bits per heavy atom. The molecule has 3 aromatic heterocycles. The third-order valence-corrected chi connectivity index (χ3v) is 5.48. The van der Waals surface area contributed by atoms with Crippen molar-refractivity contribution in [1.29, 1.82) is 0 Å². The molecule has 4 rings (SSSR count). The van der Waals surface area contributed by atoms with Crippen LogP contribution < -0.4 is 11.2 Å². The summed E-state index contributed by atoms with van der Waals surface area (Å²) in [6.07, 6.45) is -0.661. The molecule has 0 bridgehead atoms. The predicted molar refractivity (Wildman–Crippen MR) is 112 cm³/mol. The van der Waals surface area contributed by atoms with E-state index >= 15 is 0 Å². The zero-order chi connectivity index (χ0) is 23.2. The van der Waals surface area contributed by atoms with Gasteiger partial charge in [0.05, 0.1) is 23.9 Å². The van der Waals surface area contributed by atoms with Crippen LogP contribution in [0.25, 0.3) is 22.6 Å². The first-order valence-corrected chi connectivity index (χ1v) is 10.00. The number of hydrogen-bond acceptors (Lipinski definition) is 4. The number of rotatable bonds is 5. The molecular weight excluding hydrogens is 425 g/mol. The normalized spacial score (nSPS) is 13.1. The second-order valence-corrected chi connectivity index (χ2v) is 7.68. The molecule has 0 amide bonds. The van der Waals surface area contributed by atoms with Crippen LogP contribution in [0.1, 0.15) is 37.4 Å². The van der Waals surface area contributed by atoms with E-state index in [1.807, 2.05) is 6.92 Å². The minimum Gasteiger partial charge on any atom is -0.321 e. The van der Waals surface area contributed by atoms with E-state index in [1.165, 1.54) is 21.5 Å². The van der Waals surface area contributed by atoms with E-state index in [1.54, 1.807) is 30.8 Å². The summed E-state index contributed by atoms with van der Waals surface area (Å²) in [7, 11) is 1.66. The van der Waals surface area contributed by atoms with Crippen molar-refractivity contribution in [3.63, 3.8) is 0 Å². The second-order valence-electron chi connectivity index (χ2n) is 7.68. The Bertz CT molecular complexity index is 1410. The number of nitrogens with one attached hydrogen (secondary N) is 1. The number of hydrogen-bond donors (Lipinski definition) is 1. The van der Waals surface area contributed by atoms with Crippen molar-refractivity contribution in [2.24, 2.45) is 7.05 Å². The molecule has 0 aliphatic rings. The first-order valence-electron chi connectivity index (χ1n) is 10.00. The van der Waals surface area contributed by atoms with Gasteiger partial charge in [0.2, 0.25) is 0 Å². The Kier molecular flexibility index (Phi) is 5.27. The zero-order valence-electron chi connectivity index (χ0n) is 17.6. The lowest BCUT2D eigenvalue weighted by Crippen LogP contribution is -2.37. The number of aromatic nitrogens is 6. The molecule has 1 atom stereocenters. The molecule has 11 heteroatoms. The largest absolute Gasteiger partial charge is 0.416 e. The lowest BCUT2D eigenvalue weighted by atomic mass is 10.1. The quantitative estimate of drug-likeness (QED) is 0.509. The molecule has 1 aromatic carbocycles. The van der Waals surface area contributed by atoms with Crippen LogP contribution in [-0.4, -0.2) is 28.9 Å². The fourth-order valence-corrected chi connectivity index (χ4v) is 3.64. The highest BCUT2D eigenvalue weighted by molar-refractivity contribution is 5.75. The summed E-state index contributed by atoms with van der Waals surface area (Å²) < 4.78 is 43.1. The first-order chi connectivity index (χ1) is 15.1. The molecular formula is C21H21F3N6O2. The van der Waals surface area contributed by atoms with Gasteiger partial charge in [-0.2, -0.15) is 18.3 Å². The molecule has 4 aromatic rings. The predicted octanol–water partition coefficient (Wildman–Crippen LogP) is 3.32. The Hall–Kier alpha value is -3.63. The van der Waals surface area contributed by atoms with Gasteiger partial charge in [0.15, 0.2) is 11.2 Å². The number of fused-ring (bicyclic) bond motifs is 1. The van der Waals surface area contributed by atoms with Crippen LogP contribution in [0.4, 0.5) is 13.2 Å².